The van der Waals surface area contributed by atoms with E-state index in [9.17, 15) is 14.7 Å². The molecular weight excluding hydrogens is 230 g/mol. The summed E-state index contributed by atoms with van der Waals surface area (Å²) in [5.74, 6) is -0.339. The molecule has 2 fully saturated rings. The Bertz CT molecular complexity index is 347. The lowest BCUT2D eigenvalue weighted by Gasteiger charge is -2.29. The number of carbonyl (C=O) groups is 2. The quantitative estimate of drug-likeness (QED) is 0.838. The summed E-state index contributed by atoms with van der Waals surface area (Å²) in [5, 5.41) is 9.46. The predicted octanol–water partition coefficient (Wildman–Crippen LogP) is 2.14. The smallest absolute Gasteiger partial charge is 0.311 e. The highest BCUT2D eigenvalue weighted by Crippen LogP contribution is 2.39. The first-order chi connectivity index (χ1) is 8.47. The van der Waals surface area contributed by atoms with Crippen LogP contribution in [0.2, 0.25) is 0 Å². The van der Waals surface area contributed by atoms with Gasteiger partial charge in [-0.2, -0.15) is 0 Å². The number of hydrogen-bond acceptors (Lipinski definition) is 2. The van der Waals surface area contributed by atoms with Crippen LogP contribution in [0.5, 0.6) is 0 Å². The molecule has 0 bridgehead atoms. The molecule has 4 nitrogen and oxygen atoms in total. The third kappa shape index (κ3) is 2.13. The van der Waals surface area contributed by atoms with Crippen LogP contribution in [-0.2, 0) is 9.59 Å². The van der Waals surface area contributed by atoms with Crippen LogP contribution in [0.25, 0.3) is 0 Å². The van der Waals surface area contributed by atoms with E-state index in [1.807, 2.05) is 13.8 Å². The molecule has 1 saturated carbocycles. The summed E-state index contributed by atoms with van der Waals surface area (Å²) in [6.45, 7) is 4.89. The normalized spacial score (nSPS) is 29.2. The summed E-state index contributed by atoms with van der Waals surface area (Å²) in [4.78, 5) is 25.6. The highest BCUT2D eigenvalue weighted by molar-refractivity contribution is 5.82. The Balaban J connectivity index is 2.06. The van der Waals surface area contributed by atoms with Gasteiger partial charge in [0.05, 0.1) is 5.41 Å². The van der Waals surface area contributed by atoms with Gasteiger partial charge in [-0.15, -0.1) is 0 Å². The van der Waals surface area contributed by atoms with Crippen molar-refractivity contribution < 1.29 is 14.7 Å². The van der Waals surface area contributed by atoms with Crippen molar-refractivity contribution in [1.29, 1.82) is 0 Å². The van der Waals surface area contributed by atoms with Crippen LogP contribution >= 0.6 is 0 Å². The van der Waals surface area contributed by atoms with E-state index >= 15 is 0 Å². The Morgan fingerprint density at radius 1 is 1.28 bits per heavy atom. The third-order valence-electron chi connectivity index (χ3n) is 4.85. The molecule has 1 saturated heterocycles. The predicted molar refractivity (Wildman–Crippen MR) is 68.1 cm³/mol. The molecule has 2 rings (SSSR count). The molecule has 1 unspecified atom stereocenters. The number of amides is 1. The average Bonchev–Trinajstić information content (AvgIpc) is 2.98. The largest absolute Gasteiger partial charge is 0.481 e. The molecule has 0 spiro atoms. The van der Waals surface area contributed by atoms with E-state index in [0.717, 1.165) is 25.7 Å². The van der Waals surface area contributed by atoms with Gasteiger partial charge in [-0.1, -0.05) is 26.7 Å². The number of carbonyl (C=O) groups excluding carboxylic acids is 1. The molecule has 1 heterocycles. The maximum atomic E-state index is 12.3. The Morgan fingerprint density at radius 2 is 1.89 bits per heavy atom. The Labute approximate surface area is 108 Å². The summed E-state index contributed by atoms with van der Waals surface area (Å²) in [6.07, 6.45) is 4.84. The molecule has 1 N–H and O–H groups in total. The van der Waals surface area contributed by atoms with Crippen molar-refractivity contribution in [2.45, 2.75) is 46.0 Å². The summed E-state index contributed by atoms with van der Waals surface area (Å²) in [7, 11) is 0. The van der Waals surface area contributed by atoms with Crippen molar-refractivity contribution in [3.05, 3.63) is 0 Å². The van der Waals surface area contributed by atoms with Crippen LogP contribution in [0.1, 0.15) is 46.0 Å². The highest BCUT2D eigenvalue weighted by atomic mass is 16.4. The standard InChI is InChI=1S/C14H23NO3/c1-10(2)14(13(17)18)7-8-15(9-14)12(16)11-5-3-4-6-11/h10-11H,3-9H2,1-2H3,(H,17,18). The van der Waals surface area contributed by atoms with Gasteiger partial charge in [0, 0.05) is 19.0 Å². The molecule has 1 amide bonds. The number of likely N-dealkylation sites (tertiary alicyclic amines) is 1. The molecule has 0 aromatic rings. The van der Waals surface area contributed by atoms with Crippen molar-refractivity contribution in [1.82, 2.24) is 4.90 Å². The zero-order valence-corrected chi connectivity index (χ0v) is 11.3. The molecule has 0 aromatic heterocycles. The molecule has 0 aromatic carbocycles. The van der Waals surface area contributed by atoms with Crippen LogP contribution in [0.3, 0.4) is 0 Å². The fourth-order valence-corrected chi connectivity index (χ4v) is 3.34. The minimum atomic E-state index is -0.751. The zero-order chi connectivity index (χ0) is 13.3. The zero-order valence-electron chi connectivity index (χ0n) is 11.3. The fourth-order valence-electron chi connectivity index (χ4n) is 3.34. The van der Waals surface area contributed by atoms with Gasteiger partial charge in [-0.05, 0) is 25.2 Å². The van der Waals surface area contributed by atoms with Crippen LogP contribution in [0.15, 0.2) is 0 Å². The maximum absolute atomic E-state index is 12.3. The third-order valence-corrected chi connectivity index (χ3v) is 4.85. The number of nitrogens with zero attached hydrogens (tertiary/aromatic N) is 1. The van der Waals surface area contributed by atoms with Gasteiger partial charge in [0.15, 0.2) is 0 Å². The Hall–Kier alpha value is -1.06. The van der Waals surface area contributed by atoms with E-state index in [4.69, 9.17) is 0 Å². The number of rotatable bonds is 3. The van der Waals surface area contributed by atoms with Crippen molar-refractivity contribution in [3.8, 4) is 0 Å². The lowest BCUT2D eigenvalue weighted by atomic mass is 9.76. The SMILES string of the molecule is CC(C)C1(C(=O)O)CCN(C(=O)C2CCCC2)C1. The van der Waals surface area contributed by atoms with Gasteiger partial charge < -0.3 is 10.0 Å². The van der Waals surface area contributed by atoms with Gasteiger partial charge in [-0.25, -0.2) is 0 Å². The monoisotopic (exact) mass is 253 g/mol. The summed E-state index contributed by atoms with van der Waals surface area (Å²) < 4.78 is 0. The number of carboxylic acids is 1. The van der Waals surface area contributed by atoms with Crippen LogP contribution in [0, 0.1) is 17.3 Å². The average molecular weight is 253 g/mol. The van der Waals surface area contributed by atoms with Crippen molar-refractivity contribution in [3.63, 3.8) is 0 Å². The van der Waals surface area contributed by atoms with E-state index in [1.54, 1.807) is 4.90 Å². The number of aliphatic carboxylic acids is 1. The van der Waals surface area contributed by atoms with Crippen LogP contribution < -0.4 is 0 Å². The molecule has 1 aliphatic carbocycles. The summed E-state index contributed by atoms with van der Waals surface area (Å²) in [6, 6.07) is 0. The van der Waals surface area contributed by atoms with Gasteiger partial charge in [0.1, 0.15) is 0 Å². The first-order valence-corrected chi connectivity index (χ1v) is 6.99. The van der Waals surface area contributed by atoms with Gasteiger partial charge in [0.25, 0.3) is 0 Å². The first kappa shape index (κ1) is 13.4. The lowest BCUT2D eigenvalue weighted by Crippen LogP contribution is -2.41. The molecule has 2 aliphatic rings. The van der Waals surface area contributed by atoms with Gasteiger partial charge in [-0.3, -0.25) is 9.59 Å². The Morgan fingerprint density at radius 3 is 2.33 bits per heavy atom. The maximum Gasteiger partial charge on any atom is 0.311 e. The van der Waals surface area contributed by atoms with Gasteiger partial charge >= 0.3 is 5.97 Å². The van der Waals surface area contributed by atoms with Crippen molar-refractivity contribution in [2.75, 3.05) is 13.1 Å². The lowest BCUT2D eigenvalue weighted by molar-refractivity contribution is -0.151. The van der Waals surface area contributed by atoms with Gasteiger partial charge in [0.2, 0.25) is 5.91 Å². The molecule has 1 aliphatic heterocycles. The highest BCUT2D eigenvalue weighted by Gasteiger charge is 2.49. The van der Waals surface area contributed by atoms with E-state index in [-0.39, 0.29) is 17.7 Å². The number of carboxylic acid groups (broad SMARTS) is 1. The molecule has 0 radical (unpaired) electrons. The number of hydrogen-bond donors (Lipinski definition) is 1. The molecule has 102 valence electrons. The topological polar surface area (TPSA) is 57.6 Å². The van der Waals surface area contributed by atoms with E-state index in [0.29, 0.717) is 19.5 Å². The molecule has 18 heavy (non-hydrogen) atoms. The Kier molecular flexibility index (Phi) is 3.64. The first-order valence-electron chi connectivity index (χ1n) is 6.99. The van der Waals surface area contributed by atoms with E-state index < -0.39 is 11.4 Å². The minimum absolute atomic E-state index is 0.0661. The van der Waals surface area contributed by atoms with Crippen molar-refractivity contribution in [2.24, 2.45) is 17.3 Å². The van der Waals surface area contributed by atoms with E-state index in [1.165, 1.54) is 0 Å². The molecule has 4 heteroatoms. The van der Waals surface area contributed by atoms with E-state index in [2.05, 4.69) is 0 Å². The second kappa shape index (κ2) is 4.90. The second-order valence-corrected chi connectivity index (χ2v) is 6.11. The second-order valence-electron chi connectivity index (χ2n) is 6.11. The van der Waals surface area contributed by atoms with Crippen molar-refractivity contribution >= 4 is 11.9 Å². The van der Waals surface area contributed by atoms with Crippen LogP contribution in [0.4, 0.5) is 0 Å². The fraction of sp³-hybridized carbons (Fsp3) is 0.857. The molecule has 1 atom stereocenters. The summed E-state index contributed by atoms with van der Waals surface area (Å²) >= 11 is 0. The van der Waals surface area contributed by atoms with Crippen LogP contribution in [-0.4, -0.2) is 35.0 Å². The molecular formula is C14H23NO3. The minimum Gasteiger partial charge on any atom is -0.481 e. The summed E-state index contributed by atoms with van der Waals surface area (Å²) in [5.41, 5.74) is -0.728.